The molecule has 4 aromatic carbocycles. The van der Waals surface area contributed by atoms with E-state index in [0.29, 0.717) is 5.56 Å². The van der Waals surface area contributed by atoms with Crippen LogP contribution in [0.1, 0.15) is 137 Å². The van der Waals surface area contributed by atoms with Gasteiger partial charge < -0.3 is 46.6 Å². The predicted molar refractivity (Wildman–Crippen MR) is 298 cm³/mol. The van der Waals surface area contributed by atoms with Crippen LogP contribution in [0.2, 0.25) is 0 Å². The number of benzene rings is 4. The van der Waals surface area contributed by atoms with Crippen LogP contribution in [0.4, 0.5) is 0 Å². The molecule has 412 valence electrons. The lowest BCUT2D eigenvalue weighted by Gasteiger charge is -2.43. The van der Waals surface area contributed by atoms with Gasteiger partial charge in [0.2, 0.25) is 35.4 Å². The van der Waals surface area contributed by atoms with E-state index in [9.17, 15) is 28.8 Å². The van der Waals surface area contributed by atoms with Crippen LogP contribution < -0.4 is 31.9 Å². The quantitative estimate of drug-likeness (QED) is 0.0745. The molecule has 0 saturated carbocycles. The number of rotatable bonds is 17. The van der Waals surface area contributed by atoms with Gasteiger partial charge in [-0.1, -0.05) is 133 Å². The van der Waals surface area contributed by atoms with Crippen molar-refractivity contribution in [3.05, 3.63) is 142 Å². The molecule has 0 spiro atoms. The average molecular weight is 1050 g/mol. The van der Waals surface area contributed by atoms with Gasteiger partial charge in [-0.05, 0) is 117 Å². The number of hydrogen-bond acceptors (Lipinski definition) is 9. The van der Waals surface area contributed by atoms with Gasteiger partial charge in [-0.2, -0.15) is 0 Å². The fourth-order valence-corrected chi connectivity index (χ4v) is 10.7. The van der Waals surface area contributed by atoms with Crippen LogP contribution >= 0.6 is 0 Å². The summed E-state index contributed by atoms with van der Waals surface area (Å²) in [7, 11) is 3.35. The molecule has 1 fully saturated rings. The maximum absolute atomic E-state index is 15.5. The summed E-state index contributed by atoms with van der Waals surface area (Å²) in [5.41, 5.74) is 4.72. The smallest absolute Gasteiger partial charge is 0.251 e. The highest BCUT2D eigenvalue weighted by Gasteiger charge is 2.47. The van der Waals surface area contributed by atoms with E-state index in [1.165, 1.54) is 10.5 Å². The molecule has 1 unspecified atom stereocenters. The van der Waals surface area contributed by atoms with E-state index in [1.807, 2.05) is 133 Å². The zero-order chi connectivity index (χ0) is 55.9. The zero-order valence-electron chi connectivity index (χ0n) is 46.9. The number of carbonyl (C=O) groups excluding carboxylic acids is 7. The maximum atomic E-state index is 15.5. The molecule has 4 aromatic rings. The first-order valence-corrected chi connectivity index (χ1v) is 27.3. The number of likely N-dealkylation sites (tertiary alicyclic amines) is 1. The Morgan fingerprint density at radius 2 is 1.18 bits per heavy atom. The second kappa shape index (κ2) is 24.6. The highest BCUT2D eigenvalue weighted by Crippen LogP contribution is 2.34. The van der Waals surface area contributed by atoms with E-state index in [0.717, 1.165) is 47.1 Å². The fourth-order valence-electron chi connectivity index (χ4n) is 10.7. The fraction of sp³-hybridized carbons (Fsp3) is 0.492. The summed E-state index contributed by atoms with van der Waals surface area (Å²) < 4.78 is 0. The molecule has 2 aliphatic heterocycles. The molecule has 6 N–H and O–H groups in total. The molecule has 2 heterocycles. The van der Waals surface area contributed by atoms with Crippen LogP contribution in [0.3, 0.4) is 0 Å². The Bertz CT molecular complexity index is 2770. The van der Waals surface area contributed by atoms with Gasteiger partial charge in [0, 0.05) is 37.7 Å². The van der Waals surface area contributed by atoms with Crippen molar-refractivity contribution in [1.29, 1.82) is 0 Å². The Balaban J connectivity index is 1.14. The lowest BCUT2D eigenvalue weighted by atomic mass is 9.84. The third-order valence-electron chi connectivity index (χ3n) is 15.8. The number of likely N-dealkylation sites (N-methyl/N-ethyl adjacent to an activating group) is 2. The molecule has 16 heteroatoms. The number of carbonyl (C=O) groups is 7. The summed E-state index contributed by atoms with van der Waals surface area (Å²) in [6, 6.07) is 26.5. The Hall–Kier alpha value is -6.91. The van der Waals surface area contributed by atoms with Gasteiger partial charge in [0.15, 0.2) is 0 Å². The summed E-state index contributed by atoms with van der Waals surface area (Å²) in [5.74, 6) is -2.40. The van der Waals surface area contributed by atoms with E-state index in [1.54, 1.807) is 49.9 Å². The molecule has 0 bridgehead atoms. The monoisotopic (exact) mass is 1050 g/mol. The number of amides is 7. The first kappa shape index (κ1) is 57.8. The molecule has 16 nitrogen and oxygen atoms in total. The minimum Gasteiger partial charge on any atom is -0.347 e. The van der Waals surface area contributed by atoms with Crippen molar-refractivity contribution < 1.29 is 33.6 Å². The van der Waals surface area contributed by atoms with Gasteiger partial charge >= 0.3 is 0 Å². The first-order valence-electron chi connectivity index (χ1n) is 27.3. The zero-order valence-corrected chi connectivity index (χ0v) is 46.9. The van der Waals surface area contributed by atoms with Gasteiger partial charge in [-0.25, -0.2) is 0 Å². The Morgan fingerprint density at radius 3 is 1.77 bits per heavy atom. The second-order valence-corrected chi connectivity index (χ2v) is 23.4. The maximum Gasteiger partial charge on any atom is 0.251 e. The normalized spacial score (nSPS) is 20.2. The van der Waals surface area contributed by atoms with Gasteiger partial charge in [0.1, 0.15) is 24.2 Å². The van der Waals surface area contributed by atoms with Crippen LogP contribution in [-0.2, 0) is 54.7 Å². The Morgan fingerprint density at radius 1 is 0.636 bits per heavy atom. The minimum atomic E-state index is -0.965. The molecule has 7 rings (SSSR count). The summed E-state index contributed by atoms with van der Waals surface area (Å²) in [6.45, 7) is 17.1. The molecule has 7 amide bonds. The van der Waals surface area contributed by atoms with Crippen LogP contribution in [0.25, 0.3) is 0 Å². The van der Waals surface area contributed by atoms with Crippen molar-refractivity contribution in [2.75, 3.05) is 20.6 Å². The molecular weight excluding hydrogens is 971 g/mol. The first-order chi connectivity index (χ1) is 36.5. The topological polar surface area (TPSA) is 201 Å². The average Bonchev–Trinajstić information content (AvgIpc) is 3.87. The van der Waals surface area contributed by atoms with E-state index < -0.39 is 71.0 Å². The lowest BCUT2D eigenvalue weighted by molar-refractivity contribution is -0.152. The molecule has 1 aliphatic carbocycles. The number of nitrogens with zero attached hydrogens (tertiary/aromatic N) is 3. The molecule has 0 radical (unpaired) electrons. The Kier molecular flexibility index (Phi) is 18.5. The SMILES string of the molecule is CN[C@@H](C)C(=O)NC(C(=O)N1Cc2ccccc2C[C@H]1C(=O)N(Cc1ccc(C(=O)N[C@H]2C[C@@H](C(=O)N[C@@H]3CCCc4ccccc43)N(C(=O)[C@@H](NC(=O)[C@H](C)NC)C(C)(C)C)C2)cc1)[C@H](C)c1ccccc1)C(C)(C)C. The molecule has 3 aliphatic rings. The molecular formula is C61H81N9O7. The van der Waals surface area contributed by atoms with Gasteiger partial charge in [0.05, 0.1) is 24.2 Å². The molecule has 0 aromatic heterocycles. The van der Waals surface area contributed by atoms with Crippen LogP contribution in [0, 0.1) is 10.8 Å². The van der Waals surface area contributed by atoms with Crippen molar-refractivity contribution in [2.45, 2.75) is 162 Å². The van der Waals surface area contributed by atoms with Crippen molar-refractivity contribution in [3.8, 4) is 0 Å². The number of aryl methyl sites for hydroxylation is 1. The van der Waals surface area contributed by atoms with Crippen molar-refractivity contribution in [3.63, 3.8) is 0 Å². The predicted octanol–water partition coefficient (Wildman–Crippen LogP) is 5.90. The second-order valence-electron chi connectivity index (χ2n) is 23.4. The number of fused-ring (bicyclic) bond motifs is 2. The third-order valence-corrected chi connectivity index (χ3v) is 15.8. The minimum absolute atomic E-state index is 0.0452. The van der Waals surface area contributed by atoms with Gasteiger partial charge in [-0.15, -0.1) is 0 Å². The number of nitrogens with one attached hydrogen (secondary N) is 6. The third kappa shape index (κ3) is 13.6. The van der Waals surface area contributed by atoms with E-state index >= 15 is 4.79 Å². The van der Waals surface area contributed by atoms with E-state index in [4.69, 9.17) is 0 Å². The van der Waals surface area contributed by atoms with Crippen LogP contribution in [-0.4, -0.2) is 119 Å². The summed E-state index contributed by atoms with van der Waals surface area (Å²) in [4.78, 5) is 105. The van der Waals surface area contributed by atoms with Gasteiger partial charge in [-0.3, -0.25) is 33.6 Å². The largest absolute Gasteiger partial charge is 0.347 e. The lowest BCUT2D eigenvalue weighted by Crippen LogP contribution is -2.62. The van der Waals surface area contributed by atoms with Crippen LogP contribution in [0.15, 0.2) is 103 Å². The number of hydrogen-bond donors (Lipinski definition) is 6. The highest BCUT2D eigenvalue weighted by molar-refractivity contribution is 5.97. The van der Waals surface area contributed by atoms with E-state index in [2.05, 4.69) is 38.0 Å². The van der Waals surface area contributed by atoms with Crippen LogP contribution in [0.5, 0.6) is 0 Å². The highest BCUT2D eigenvalue weighted by atomic mass is 16.2. The summed E-state index contributed by atoms with van der Waals surface area (Å²) >= 11 is 0. The standard InChI is InChI=1S/C61H81N9O7/c1-37(62-10)53(71)66-51(60(4,5)6)58(76)69-35-45-24-16-15-23-44(45)32-50(69)57(75)68(39(3)41-20-13-12-14-21-41)34-40-28-30-43(31-29-40)55(73)64-46-33-49(56(74)65-48-27-19-25-42-22-17-18-26-47(42)48)70(36-46)59(77)52(61(7,8)9)67-54(72)38(2)63-11/h12-18,20-24,26,28-31,37-39,46,48-52,62-63H,19,25,27,32-36H2,1-11H3,(H,64,73)(H,65,74)(H,66,71)(H,67,72)/t37-,38-,39+,46-,48+,49-,50-,51?,52+/m0/s1. The Labute approximate surface area is 455 Å². The van der Waals surface area contributed by atoms with Crippen molar-refractivity contribution in [2.24, 2.45) is 10.8 Å². The molecule has 9 atom stereocenters. The van der Waals surface area contributed by atoms with Gasteiger partial charge in [0.25, 0.3) is 5.91 Å². The van der Waals surface area contributed by atoms with Crippen molar-refractivity contribution >= 4 is 41.4 Å². The van der Waals surface area contributed by atoms with Crippen molar-refractivity contribution in [1.82, 2.24) is 46.6 Å². The molecule has 77 heavy (non-hydrogen) atoms. The van der Waals surface area contributed by atoms with E-state index in [-0.39, 0.29) is 68.1 Å². The summed E-state index contributed by atoms with van der Waals surface area (Å²) in [6.07, 6.45) is 3.01. The summed E-state index contributed by atoms with van der Waals surface area (Å²) in [5, 5.41) is 18.2. The molecule has 1 saturated heterocycles.